The number of hydrogen-bond donors (Lipinski definition) is 0. The Bertz CT molecular complexity index is 1400. The quantitative estimate of drug-likeness (QED) is 0.559. The molecule has 0 spiro atoms. The first-order chi connectivity index (χ1) is 14.5. The molecule has 13 heteroatoms. The van der Waals surface area contributed by atoms with E-state index in [1.165, 1.54) is 25.1 Å². The fourth-order valence-corrected chi connectivity index (χ4v) is 6.09. The Kier molecular flexibility index (Phi) is 4.85. The van der Waals surface area contributed by atoms with E-state index in [0.29, 0.717) is 9.31 Å². The van der Waals surface area contributed by atoms with Gasteiger partial charge in [-0.25, -0.2) is 31.0 Å². The molecule has 0 bridgehead atoms. The minimum absolute atomic E-state index is 0.103. The van der Waals surface area contributed by atoms with Gasteiger partial charge in [0.1, 0.15) is 11.7 Å². The second kappa shape index (κ2) is 7.05. The van der Waals surface area contributed by atoms with Crippen molar-refractivity contribution in [3.8, 4) is 5.13 Å². The highest BCUT2D eigenvalue weighted by molar-refractivity contribution is 7.89. The lowest BCUT2D eigenvalue weighted by molar-refractivity contribution is -0.126. The Balaban J connectivity index is 1.99. The van der Waals surface area contributed by atoms with Gasteiger partial charge in [0.05, 0.1) is 21.5 Å². The third-order valence-electron chi connectivity index (χ3n) is 5.16. The smallest absolute Gasteiger partial charge is 0.274 e. The molecule has 164 valence electrons. The highest BCUT2D eigenvalue weighted by Gasteiger charge is 2.55. The molecule has 2 aromatic heterocycles. The number of benzene rings is 1. The number of imidazole rings is 1. The zero-order valence-electron chi connectivity index (χ0n) is 16.8. The monoisotopic (exact) mass is 467 g/mol. The van der Waals surface area contributed by atoms with Gasteiger partial charge in [0.15, 0.2) is 0 Å². The van der Waals surface area contributed by atoms with Crippen molar-refractivity contribution in [2.75, 3.05) is 6.67 Å². The first-order valence-electron chi connectivity index (χ1n) is 9.24. The molecule has 1 aliphatic rings. The second-order valence-electron chi connectivity index (χ2n) is 7.37. The zero-order chi connectivity index (χ0) is 22.7. The molecular weight excluding hydrogens is 449 g/mol. The lowest BCUT2D eigenvalue weighted by Crippen LogP contribution is -2.46. The van der Waals surface area contributed by atoms with E-state index in [1.54, 1.807) is 6.92 Å². The van der Waals surface area contributed by atoms with E-state index in [-0.39, 0.29) is 33.9 Å². The lowest BCUT2D eigenvalue weighted by Gasteiger charge is -2.28. The Morgan fingerprint density at radius 3 is 2.39 bits per heavy atom. The van der Waals surface area contributed by atoms with Gasteiger partial charge >= 0.3 is 5.69 Å². The van der Waals surface area contributed by atoms with Crippen molar-refractivity contribution >= 4 is 44.2 Å². The minimum Gasteiger partial charge on any atom is -0.274 e. The van der Waals surface area contributed by atoms with E-state index >= 15 is 0 Å². The molecule has 1 fully saturated rings. The fourth-order valence-electron chi connectivity index (χ4n) is 3.60. The Labute approximate surface area is 180 Å². The maximum absolute atomic E-state index is 13.6. The van der Waals surface area contributed by atoms with Crippen molar-refractivity contribution in [2.24, 2.45) is 0 Å². The number of hydrogen-bond acceptors (Lipinski definition) is 8. The highest BCUT2D eigenvalue weighted by Crippen LogP contribution is 2.45. The SMILES string of the molecule is CC(=O)N(C1(CF)CC1)S(=O)(=O)c1ccc2c(c1)n(-c1nnc(C)s1)c(=O)n2C(C)=O. The molecule has 0 aliphatic heterocycles. The zero-order valence-corrected chi connectivity index (χ0v) is 18.5. The molecule has 4 rings (SSSR count). The van der Waals surface area contributed by atoms with Gasteiger partial charge in [0.2, 0.25) is 16.9 Å². The number of amides is 1. The standard InChI is InChI=1S/C18H18FN5O5S2/c1-10-20-21-16(30-10)23-15-8-13(4-5-14(15)22(11(2)25)17(23)27)31(28,29)24(12(3)26)18(9-19)6-7-18/h4-5,8H,6-7,9H2,1-3H3. The van der Waals surface area contributed by atoms with Crippen molar-refractivity contribution in [1.29, 1.82) is 0 Å². The predicted octanol–water partition coefficient (Wildman–Crippen LogP) is 1.65. The molecule has 1 saturated carbocycles. The van der Waals surface area contributed by atoms with E-state index < -0.39 is 39.7 Å². The molecule has 31 heavy (non-hydrogen) atoms. The van der Waals surface area contributed by atoms with Crippen LogP contribution in [0.25, 0.3) is 16.2 Å². The number of aromatic nitrogens is 4. The number of rotatable bonds is 5. The third-order valence-corrected chi connectivity index (χ3v) is 7.96. The number of carbonyl (C=O) groups is 2. The molecule has 0 atom stereocenters. The largest absolute Gasteiger partial charge is 0.342 e. The van der Waals surface area contributed by atoms with E-state index in [0.717, 1.165) is 27.4 Å². The third kappa shape index (κ3) is 3.19. The fraction of sp³-hybridized carbons (Fsp3) is 0.389. The minimum atomic E-state index is -4.42. The van der Waals surface area contributed by atoms with E-state index in [4.69, 9.17) is 0 Å². The summed E-state index contributed by atoms with van der Waals surface area (Å²) in [6.45, 7) is 2.97. The maximum atomic E-state index is 13.6. The van der Waals surface area contributed by atoms with E-state index in [9.17, 15) is 27.2 Å². The normalized spacial score (nSPS) is 15.2. The van der Waals surface area contributed by atoms with Crippen molar-refractivity contribution in [1.82, 2.24) is 23.6 Å². The van der Waals surface area contributed by atoms with Crippen LogP contribution in [0.15, 0.2) is 27.9 Å². The van der Waals surface area contributed by atoms with Crippen LogP contribution in [0.5, 0.6) is 0 Å². The van der Waals surface area contributed by atoms with Crippen molar-refractivity contribution < 1.29 is 22.4 Å². The molecule has 3 aromatic rings. The Morgan fingerprint density at radius 1 is 1.23 bits per heavy atom. The summed E-state index contributed by atoms with van der Waals surface area (Å²) in [5.74, 6) is -1.36. The average molecular weight is 468 g/mol. The highest BCUT2D eigenvalue weighted by atomic mass is 32.2. The summed E-state index contributed by atoms with van der Waals surface area (Å²) >= 11 is 1.09. The number of sulfonamides is 1. The van der Waals surface area contributed by atoms with Crippen LogP contribution in [0.4, 0.5) is 4.39 Å². The van der Waals surface area contributed by atoms with Crippen LogP contribution >= 0.6 is 11.3 Å². The van der Waals surface area contributed by atoms with Crippen molar-refractivity contribution in [2.45, 2.75) is 44.0 Å². The lowest BCUT2D eigenvalue weighted by atomic mass is 10.3. The van der Waals surface area contributed by atoms with Gasteiger partial charge < -0.3 is 0 Å². The van der Waals surface area contributed by atoms with Crippen molar-refractivity contribution in [3.05, 3.63) is 33.7 Å². The molecule has 10 nitrogen and oxygen atoms in total. The summed E-state index contributed by atoms with van der Waals surface area (Å²) in [7, 11) is -4.42. The number of halogens is 1. The van der Waals surface area contributed by atoms with Crippen LogP contribution in [0.3, 0.4) is 0 Å². The summed E-state index contributed by atoms with van der Waals surface area (Å²) in [6.07, 6.45) is 0.472. The van der Waals surface area contributed by atoms with Gasteiger partial charge in [-0.15, -0.1) is 10.2 Å². The van der Waals surface area contributed by atoms with Gasteiger partial charge in [-0.1, -0.05) is 11.3 Å². The Morgan fingerprint density at radius 2 is 1.90 bits per heavy atom. The summed E-state index contributed by atoms with van der Waals surface area (Å²) in [5.41, 5.74) is -1.82. The van der Waals surface area contributed by atoms with Crippen LogP contribution in [-0.4, -0.2) is 56.1 Å². The topological polar surface area (TPSA) is 124 Å². The summed E-state index contributed by atoms with van der Waals surface area (Å²) < 4.78 is 42.8. The van der Waals surface area contributed by atoms with Crippen LogP contribution < -0.4 is 5.69 Å². The number of carbonyl (C=O) groups excluding carboxylic acids is 2. The molecule has 0 saturated heterocycles. The predicted molar refractivity (Wildman–Crippen MR) is 110 cm³/mol. The summed E-state index contributed by atoms with van der Waals surface area (Å²) in [6, 6.07) is 3.69. The van der Waals surface area contributed by atoms with Gasteiger partial charge in [-0.3, -0.25) is 9.59 Å². The summed E-state index contributed by atoms with van der Waals surface area (Å²) in [4.78, 5) is 36.9. The molecule has 1 aromatic carbocycles. The molecule has 0 N–H and O–H groups in total. The molecule has 2 heterocycles. The number of aryl methyl sites for hydroxylation is 1. The van der Waals surface area contributed by atoms with Gasteiger partial charge in [0.25, 0.3) is 10.0 Å². The first kappa shape index (κ1) is 21.3. The van der Waals surface area contributed by atoms with Crippen LogP contribution in [0.2, 0.25) is 0 Å². The first-order valence-corrected chi connectivity index (χ1v) is 11.5. The number of fused-ring (bicyclic) bond motifs is 1. The van der Waals surface area contributed by atoms with Crippen molar-refractivity contribution in [3.63, 3.8) is 0 Å². The molecule has 1 amide bonds. The van der Waals surface area contributed by atoms with Crippen LogP contribution in [0, 0.1) is 6.92 Å². The van der Waals surface area contributed by atoms with Gasteiger partial charge in [-0.2, -0.15) is 0 Å². The van der Waals surface area contributed by atoms with Gasteiger partial charge in [-0.05, 0) is 38.0 Å². The molecule has 0 unspecified atom stereocenters. The summed E-state index contributed by atoms with van der Waals surface area (Å²) in [5, 5.41) is 8.53. The number of alkyl halides is 1. The second-order valence-corrected chi connectivity index (χ2v) is 10.3. The van der Waals surface area contributed by atoms with Crippen LogP contribution in [-0.2, 0) is 14.8 Å². The maximum Gasteiger partial charge on any atom is 0.342 e. The molecule has 0 radical (unpaired) electrons. The average Bonchev–Trinajstić information content (AvgIpc) is 3.24. The number of nitrogens with zero attached hydrogens (tertiary/aromatic N) is 5. The van der Waals surface area contributed by atoms with Crippen LogP contribution in [0.1, 0.15) is 36.5 Å². The molecular formula is C18H18FN5O5S2. The van der Waals surface area contributed by atoms with E-state index in [2.05, 4.69) is 10.2 Å². The van der Waals surface area contributed by atoms with Gasteiger partial charge in [0, 0.05) is 13.8 Å². The van der Waals surface area contributed by atoms with E-state index in [1.807, 2.05) is 0 Å². The Hall–Kier alpha value is -2.93. The molecule has 1 aliphatic carbocycles.